The van der Waals surface area contributed by atoms with Crippen molar-refractivity contribution < 1.29 is 17.6 Å². The van der Waals surface area contributed by atoms with Gasteiger partial charge in [-0.15, -0.1) is 0 Å². The van der Waals surface area contributed by atoms with Crippen LogP contribution in [0.1, 0.15) is 34.5 Å². The lowest BCUT2D eigenvalue weighted by atomic mass is 10.1. The van der Waals surface area contributed by atoms with Crippen molar-refractivity contribution in [1.82, 2.24) is 4.90 Å². The standard InChI is InChI=1S/C23H24N2O4S/c1-17-5-13-22(14-6-17)30(27,28)24(2)19-9-7-18(8-10-19)23(26)25(20-11-12-20)16-21-4-3-15-29-21/h3-10,13-15,20H,11-12,16H2,1-2H3. The smallest absolute Gasteiger partial charge is 0.264 e. The second kappa shape index (κ2) is 7.99. The van der Waals surface area contributed by atoms with Gasteiger partial charge in [0.2, 0.25) is 0 Å². The van der Waals surface area contributed by atoms with E-state index in [1.807, 2.05) is 24.0 Å². The van der Waals surface area contributed by atoms with Crippen molar-refractivity contribution >= 4 is 21.6 Å². The van der Waals surface area contributed by atoms with Crippen LogP contribution >= 0.6 is 0 Å². The van der Waals surface area contributed by atoms with E-state index in [4.69, 9.17) is 4.42 Å². The molecule has 1 saturated carbocycles. The largest absolute Gasteiger partial charge is 0.467 e. The summed E-state index contributed by atoms with van der Waals surface area (Å²) >= 11 is 0. The second-order valence-electron chi connectivity index (χ2n) is 7.58. The maximum atomic E-state index is 13.0. The molecule has 1 aromatic heterocycles. The van der Waals surface area contributed by atoms with Crippen molar-refractivity contribution in [2.45, 2.75) is 37.2 Å². The first-order valence-electron chi connectivity index (χ1n) is 9.85. The van der Waals surface area contributed by atoms with Gasteiger partial charge < -0.3 is 9.32 Å². The first-order valence-corrected chi connectivity index (χ1v) is 11.3. The summed E-state index contributed by atoms with van der Waals surface area (Å²) in [5.41, 5.74) is 2.02. The molecule has 2 aromatic carbocycles. The molecule has 6 nitrogen and oxygen atoms in total. The van der Waals surface area contributed by atoms with Gasteiger partial charge in [0.25, 0.3) is 15.9 Å². The summed E-state index contributed by atoms with van der Waals surface area (Å²) in [6, 6.07) is 17.3. The first kappa shape index (κ1) is 20.2. The minimum absolute atomic E-state index is 0.0792. The van der Waals surface area contributed by atoms with Crippen LogP contribution in [0, 0.1) is 6.92 Å². The average molecular weight is 425 g/mol. The summed E-state index contributed by atoms with van der Waals surface area (Å²) < 4.78 is 32.4. The first-order chi connectivity index (χ1) is 14.4. The zero-order valence-electron chi connectivity index (χ0n) is 17.0. The van der Waals surface area contributed by atoms with Crippen molar-refractivity contribution in [3.63, 3.8) is 0 Å². The van der Waals surface area contributed by atoms with E-state index >= 15 is 0 Å². The van der Waals surface area contributed by atoms with Gasteiger partial charge in [-0.1, -0.05) is 17.7 Å². The molecule has 1 fully saturated rings. The molecule has 3 aromatic rings. The Hall–Kier alpha value is -3.06. The molecule has 1 amide bonds. The maximum absolute atomic E-state index is 13.0. The van der Waals surface area contributed by atoms with Crippen LogP contribution in [0.3, 0.4) is 0 Å². The molecule has 1 aliphatic rings. The number of sulfonamides is 1. The fourth-order valence-electron chi connectivity index (χ4n) is 3.31. The Kier molecular flexibility index (Phi) is 5.39. The molecule has 0 spiro atoms. The highest BCUT2D eigenvalue weighted by Gasteiger charge is 2.33. The monoisotopic (exact) mass is 424 g/mol. The van der Waals surface area contributed by atoms with Crippen LogP contribution in [0.15, 0.2) is 76.2 Å². The number of nitrogens with zero attached hydrogens (tertiary/aromatic N) is 2. The Labute approximate surface area is 176 Å². The van der Waals surface area contributed by atoms with Gasteiger partial charge in [0.15, 0.2) is 0 Å². The summed E-state index contributed by atoms with van der Waals surface area (Å²) in [5, 5.41) is 0. The van der Waals surface area contributed by atoms with E-state index in [0.29, 0.717) is 17.8 Å². The van der Waals surface area contributed by atoms with Crippen molar-refractivity contribution in [2.24, 2.45) is 0 Å². The molecule has 0 atom stereocenters. The Balaban J connectivity index is 1.53. The van der Waals surface area contributed by atoms with Crippen molar-refractivity contribution in [3.05, 3.63) is 83.8 Å². The highest BCUT2D eigenvalue weighted by atomic mass is 32.2. The molecule has 1 heterocycles. The van der Waals surface area contributed by atoms with Crippen molar-refractivity contribution in [3.8, 4) is 0 Å². The van der Waals surface area contributed by atoms with Gasteiger partial charge in [-0.25, -0.2) is 8.42 Å². The molecular formula is C23H24N2O4S. The number of amides is 1. The predicted octanol–water partition coefficient (Wildman–Crippen LogP) is 4.22. The number of carbonyl (C=O) groups is 1. The number of furan rings is 1. The third kappa shape index (κ3) is 4.11. The van der Waals surface area contributed by atoms with E-state index in [1.54, 1.807) is 54.8 Å². The lowest BCUT2D eigenvalue weighted by Gasteiger charge is -2.23. The zero-order chi connectivity index (χ0) is 21.3. The van der Waals surface area contributed by atoms with E-state index in [-0.39, 0.29) is 16.8 Å². The quantitative estimate of drug-likeness (QED) is 0.569. The molecule has 30 heavy (non-hydrogen) atoms. The molecule has 4 rings (SSSR count). The molecule has 0 unspecified atom stereocenters. The summed E-state index contributed by atoms with van der Waals surface area (Å²) in [4.78, 5) is 15.1. The Morgan fingerprint density at radius 3 is 2.27 bits per heavy atom. The molecule has 156 valence electrons. The number of carbonyl (C=O) groups excluding carboxylic acids is 1. The molecule has 0 bridgehead atoms. The molecule has 0 radical (unpaired) electrons. The van der Waals surface area contributed by atoms with Crippen LogP contribution in [-0.2, 0) is 16.6 Å². The van der Waals surface area contributed by atoms with Crippen LogP contribution in [0.25, 0.3) is 0 Å². The number of hydrogen-bond donors (Lipinski definition) is 0. The van der Waals surface area contributed by atoms with Crippen LogP contribution < -0.4 is 4.31 Å². The summed E-state index contributed by atoms with van der Waals surface area (Å²) in [7, 11) is -2.16. The van der Waals surface area contributed by atoms with Gasteiger partial charge in [-0.05, 0) is 68.3 Å². The third-order valence-electron chi connectivity index (χ3n) is 5.31. The molecule has 0 aliphatic heterocycles. The normalized spacial score (nSPS) is 13.8. The van der Waals surface area contributed by atoms with Crippen LogP contribution in [0.2, 0.25) is 0 Å². The molecule has 0 saturated heterocycles. The van der Waals surface area contributed by atoms with Crippen molar-refractivity contribution in [2.75, 3.05) is 11.4 Å². The number of aryl methyl sites for hydroxylation is 1. The fourth-order valence-corrected chi connectivity index (χ4v) is 4.51. The molecule has 1 aliphatic carbocycles. The van der Waals surface area contributed by atoms with E-state index in [0.717, 1.165) is 24.2 Å². The van der Waals surface area contributed by atoms with E-state index in [2.05, 4.69) is 0 Å². The number of hydrogen-bond acceptors (Lipinski definition) is 4. The number of benzene rings is 2. The molecule has 0 N–H and O–H groups in total. The SMILES string of the molecule is Cc1ccc(S(=O)(=O)N(C)c2ccc(C(=O)N(Cc3ccco3)C3CC3)cc2)cc1. The predicted molar refractivity (Wildman–Crippen MR) is 115 cm³/mol. The van der Waals surface area contributed by atoms with E-state index < -0.39 is 10.0 Å². The second-order valence-corrected chi connectivity index (χ2v) is 9.55. The van der Waals surface area contributed by atoms with Gasteiger partial charge in [-0.3, -0.25) is 9.10 Å². The minimum Gasteiger partial charge on any atom is -0.467 e. The average Bonchev–Trinajstić information content (AvgIpc) is 3.46. The Morgan fingerprint density at radius 2 is 1.70 bits per heavy atom. The minimum atomic E-state index is -3.67. The lowest BCUT2D eigenvalue weighted by molar-refractivity contribution is 0.0717. The lowest BCUT2D eigenvalue weighted by Crippen LogP contribution is -2.32. The maximum Gasteiger partial charge on any atom is 0.264 e. The summed E-state index contributed by atoms with van der Waals surface area (Å²) in [6.45, 7) is 2.34. The van der Waals surface area contributed by atoms with Crippen LogP contribution in [0.5, 0.6) is 0 Å². The Morgan fingerprint density at radius 1 is 1.03 bits per heavy atom. The van der Waals surface area contributed by atoms with Gasteiger partial charge in [-0.2, -0.15) is 0 Å². The summed E-state index contributed by atoms with van der Waals surface area (Å²) in [6.07, 6.45) is 3.58. The highest BCUT2D eigenvalue weighted by molar-refractivity contribution is 7.92. The van der Waals surface area contributed by atoms with Crippen molar-refractivity contribution in [1.29, 1.82) is 0 Å². The number of rotatable bonds is 7. The van der Waals surface area contributed by atoms with E-state index in [1.165, 1.54) is 11.4 Å². The number of anilines is 1. The van der Waals surface area contributed by atoms with Gasteiger partial charge in [0.1, 0.15) is 5.76 Å². The fraction of sp³-hybridized carbons (Fsp3) is 0.261. The molecular weight excluding hydrogens is 400 g/mol. The topological polar surface area (TPSA) is 70.8 Å². The van der Waals surface area contributed by atoms with Gasteiger partial charge in [0, 0.05) is 18.7 Å². The molecule has 7 heteroatoms. The van der Waals surface area contributed by atoms with Gasteiger partial charge in [0.05, 0.1) is 23.4 Å². The highest BCUT2D eigenvalue weighted by Crippen LogP contribution is 2.30. The van der Waals surface area contributed by atoms with Gasteiger partial charge >= 0.3 is 0 Å². The third-order valence-corrected chi connectivity index (χ3v) is 7.11. The zero-order valence-corrected chi connectivity index (χ0v) is 17.8. The van der Waals surface area contributed by atoms with Crippen LogP contribution in [0.4, 0.5) is 5.69 Å². The summed E-state index contributed by atoms with van der Waals surface area (Å²) in [5.74, 6) is 0.667. The Bertz CT molecular complexity index is 1120. The van der Waals surface area contributed by atoms with Crippen LogP contribution in [-0.4, -0.2) is 32.3 Å². The van der Waals surface area contributed by atoms with E-state index in [9.17, 15) is 13.2 Å².